The first-order valence-corrected chi connectivity index (χ1v) is 6.16. The quantitative estimate of drug-likeness (QED) is 0.507. The van der Waals surface area contributed by atoms with Crippen molar-refractivity contribution in [3.8, 4) is 5.75 Å². The van der Waals surface area contributed by atoms with E-state index < -0.39 is 5.97 Å². The Bertz CT molecular complexity index is 579. The van der Waals surface area contributed by atoms with Crippen molar-refractivity contribution < 1.29 is 9.53 Å². The zero-order chi connectivity index (χ0) is 13.1. The summed E-state index contributed by atoms with van der Waals surface area (Å²) in [7, 11) is 0. The fraction of sp³-hybridized carbons (Fsp3) is 0.0714. The van der Waals surface area contributed by atoms with Crippen LogP contribution in [-0.4, -0.2) is 5.97 Å². The average Bonchev–Trinajstić information content (AvgIpc) is 2.35. The molecular formula is C14H11ClO2S. The van der Waals surface area contributed by atoms with Crippen molar-refractivity contribution in [1.82, 2.24) is 0 Å². The van der Waals surface area contributed by atoms with Crippen LogP contribution in [-0.2, 0) is 0 Å². The van der Waals surface area contributed by atoms with Crippen molar-refractivity contribution in [2.45, 2.75) is 11.8 Å². The zero-order valence-electron chi connectivity index (χ0n) is 9.68. The van der Waals surface area contributed by atoms with Crippen LogP contribution >= 0.6 is 24.2 Å². The van der Waals surface area contributed by atoms with Gasteiger partial charge in [0.25, 0.3) is 0 Å². The third-order valence-electron chi connectivity index (χ3n) is 2.47. The first-order valence-electron chi connectivity index (χ1n) is 5.33. The second kappa shape index (κ2) is 5.46. The molecule has 0 aliphatic rings. The third kappa shape index (κ3) is 3.06. The Hall–Kier alpha value is -1.45. The van der Waals surface area contributed by atoms with Gasteiger partial charge >= 0.3 is 5.97 Å². The molecule has 92 valence electrons. The van der Waals surface area contributed by atoms with E-state index in [9.17, 15) is 4.79 Å². The molecule has 0 radical (unpaired) electrons. The Labute approximate surface area is 116 Å². The van der Waals surface area contributed by atoms with Gasteiger partial charge in [0.15, 0.2) is 0 Å². The van der Waals surface area contributed by atoms with Gasteiger partial charge in [-0.1, -0.05) is 17.7 Å². The molecule has 0 fully saturated rings. The van der Waals surface area contributed by atoms with Gasteiger partial charge < -0.3 is 4.74 Å². The number of hydrogen-bond donors (Lipinski definition) is 1. The average molecular weight is 279 g/mol. The highest BCUT2D eigenvalue weighted by Gasteiger charge is 2.12. The fourth-order valence-corrected chi connectivity index (χ4v) is 1.81. The van der Waals surface area contributed by atoms with Gasteiger partial charge in [-0.05, 0) is 48.9 Å². The van der Waals surface area contributed by atoms with E-state index in [1.807, 2.05) is 6.92 Å². The topological polar surface area (TPSA) is 26.3 Å². The smallest absolute Gasteiger partial charge is 0.343 e. The minimum Gasteiger partial charge on any atom is -0.423 e. The molecule has 2 aromatic carbocycles. The standard InChI is InChI=1S/C14H11ClO2S/c1-9-2-3-10(15)8-13(9)14(16)17-11-4-6-12(18)7-5-11/h2-8,18H,1H3. The summed E-state index contributed by atoms with van der Waals surface area (Å²) in [5.74, 6) is 0.0686. The fourth-order valence-electron chi connectivity index (χ4n) is 1.49. The maximum absolute atomic E-state index is 12.0. The molecule has 2 rings (SSSR count). The second-order valence-corrected chi connectivity index (χ2v) is 4.80. The largest absolute Gasteiger partial charge is 0.423 e. The van der Waals surface area contributed by atoms with E-state index in [1.165, 1.54) is 0 Å². The molecule has 0 spiro atoms. The predicted octanol–water partition coefficient (Wildman–Crippen LogP) is 4.16. The number of halogens is 1. The van der Waals surface area contributed by atoms with E-state index in [2.05, 4.69) is 12.6 Å². The van der Waals surface area contributed by atoms with E-state index in [-0.39, 0.29) is 0 Å². The molecule has 18 heavy (non-hydrogen) atoms. The molecule has 0 atom stereocenters. The number of hydrogen-bond acceptors (Lipinski definition) is 3. The van der Waals surface area contributed by atoms with Crippen LogP contribution < -0.4 is 4.74 Å². The number of ether oxygens (including phenoxy) is 1. The van der Waals surface area contributed by atoms with E-state index >= 15 is 0 Å². The van der Waals surface area contributed by atoms with Gasteiger partial charge in [0.05, 0.1) is 5.56 Å². The summed E-state index contributed by atoms with van der Waals surface area (Å²) in [5.41, 5.74) is 1.30. The van der Waals surface area contributed by atoms with Crippen LogP contribution in [0.1, 0.15) is 15.9 Å². The molecule has 0 unspecified atom stereocenters. The number of aryl methyl sites for hydroxylation is 1. The SMILES string of the molecule is Cc1ccc(Cl)cc1C(=O)Oc1ccc(S)cc1. The number of rotatable bonds is 2. The summed E-state index contributed by atoms with van der Waals surface area (Å²) in [6.07, 6.45) is 0. The summed E-state index contributed by atoms with van der Waals surface area (Å²) in [6.45, 7) is 1.84. The van der Waals surface area contributed by atoms with Crippen LogP contribution in [0.5, 0.6) is 5.75 Å². The van der Waals surface area contributed by atoms with Crippen LogP contribution in [0.2, 0.25) is 5.02 Å². The monoisotopic (exact) mass is 278 g/mol. The normalized spacial score (nSPS) is 10.2. The van der Waals surface area contributed by atoms with Crippen molar-refractivity contribution in [2.24, 2.45) is 0 Å². The first-order chi connectivity index (χ1) is 8.56. The van der Waals surface area contributed by atoms with Gasteiger partial charge in [-0.15, -0.1) is 12.6 Å². The van der Waals surface area contributed by atoms with Crippen LogP contribution in [0.3, 0.4) is 0 Å². The van der Waals surface area contributed by atoms with Crippen molar-refractivity contribution in [2.75, 3.05) is 0 Å². The van der Waals surface area contributed by atoms with Gasteiger partial charge in [0, 0.05) is 9.92 Å². The Morgan fingerprint density at radius 2 is 1.83 bits per heavy atom. The number of carbonyl (C=O) groups is 1. The van der Waals surface area contributed by atoms with E-state index in [0.717, 1.165) is 10.5 Å². The number of carbonyl (C=O) groups excluding carboxylic acids is 1. The van der Waals surface area contributed by atoms with Gasteiger partial charge in [0.1, 0.15) is 5.75 Å². The maximum Gasteiger partial charge on any atom is 0.343 e. The molecule has 0 aromatic heterocycles. The molecular weight excluding hydrogens is 268 g/mol. The molecule has 0 aliphatic carbocycles. The number of thiol groups is 1. The highest BCUT2D eigenvalue weighted by Crippen LogP contribution is 2.19. The summed E-state index contributed by atoms with van der Waals surface area (Å²) in [6, 6.07) is 12.0. The molecule has 0 heterocycles. The molecule has 0 N–H and O–H groups in total. The number of esters is 1. The molecule has 2 nitrogen and oxygen atoms in total. The Morgan fingerprint density at radius 1 is 1.17 bits per heavy atom. The molecule has 0 saturated carbocycles. The molecule has 0 aliphatic heterocycles. The van der Waals surface area contributed by atoms with Crippen LogP contribution in [0.25, 0.3) is 0 Å². The molecule has 2 aromatic rings. The minimum atomic E-state index is -0.415. The molecule has 0 amide bonds. The Kier molecular flexibility index (Phi) is 3.94. The molecule has 0 saturated heterocycles. The maximum atomic E-state index is 12.0. The predicted molar refractivity (Wildman–Crippen MR) is 74.8 cm³/mol. The molecule has 4 heteroatoms. The second-order valence-electron chi connectivity index (χ2n) is 3.84. The Balaban J connectivity index is 2.21. The lowest BCUT2D eigenvalue weighted by atomic mass is 10.1. The summed E-state index contributed by atoms with van der Waals surface area (Å²) in [4.78, 5) is 12.8. The lowest BCUT2D eigenvalue weighted by molar-refractivity contribution is 0.0734. The first kappa shape index (κ1) is 13.0. The molecule has 0 bridgehead atoms. The van der Waals surface area contributed by atoms with Gasteiger partial charge in [-0.25, -0.2) is 4.79 Å². The lowest BCUT2D eigenvalue weighted by Gasteiger charge is -2.07. The van der Waals surface area contributed by atoms with Crippen molar-refractivity contribution in [1.29, 1.82) is 0 Å². The van der Waals surface area contributed by atoms with Crippen molar-refractivity contribution >= 4 is 30.2 Å². The van der Waals surface area contributed by atoms with E-state index in [1.54, 1.807) is 42.5 Å². The zero-order valence-corrected chi connectivity index (χ0v) is 11.3. The third-order valence-corrected chi connectivity index (χ3v) is 3.00. The van der Waals surface area contributed by atoms with Gasteiger partial charge in [0.2, 0.25) is 0 Å². The number of benzene rings is 2. The summed E-state index contributed by atoms with van der Waals surface area (Å²) < 4.78 is 5.26. The minimum absolute atomic E-state index is 0.415. The van der Waals surface area contributed by atoms with Gasteiger partial charge in [-0.3, -0.25) is 0 Å². The van der Waals surface area contributed by atoms with Crippen LogP contribution in [0, 0.1) is 6.92 Å². The van der Waals surface area contributed by atoms with Crippen molar-refractivity contribution in [3.63, 3.8) is 0 Å². The van der Waals surface area contributed by atoms with Gasteiger partial charge in [-0.2, -0.15) is 0 Å². The Morgan fingerprint density at radius 3 is 2.50 bits per heavy atom. The summed E-state index contributed by atoms with van der Waals surface area (Å²) >= 11 is 10.0. The highest BCUT2D eigenvalue weighted by atomic mass is 35.5. The van der Waals surface area contributed by atoms with E-state index in [0.29, 0.717) is 16.3 Å². The van der Waals surface area contributed by atoms with Crippen molar-refractivity contribution in [3.05, 3.63) is 58.6 Å². The lowest BCUT2D eigenvalue weighted by Crippen LogP contribution is -2.10. The summed E-state index contributed by atoms with van der Waals surface area (Å²) in [5, 5.41) is 0.512. The highest BCUT2D eigenvalue weighted by molar-refractivity contribution is 7.80. The van der Waals surface area contributed by atoms with Crippen LogP contribution in [0.15, 0.2) is 47.4 Å². The van der Waals surface area contributed by atoms with E-state index in [4.69, 9.17) is 16.3 Å². The van der Waals surface area contributed by atoms with Crippen LogP contribution in [0.4, 0.5) is 0 Å².